The Bertz CT molecular complexity index is 505. The minimum atomic E-state index is -0.199. The fraction of sp³-hybridized carbons (Fsp3) is 0.308. The van der Waals surface area contributed by atoms with Crippen LogP contribution in [0.1, 0.15) is 40.6 Å². The highest BCUT2D eigenvalue weighted by molar-refractivity contribution is 7.10. The maximum Gasteiger partial charge on any atom is 0.287 e. The molecule has 0 saturated carbocycles. The first-order valence-corrected chi connectivity index (χ1v) is 6.75. The molecular weight excluding hydrogens is 248 g/mol. The number of amides is 1. The van der Waals surface area contributed by atoms with Crippen LogP contribution in [0.2, 0.25) is 0 Å². The molecule has 18 heavy (non-hydrogen) atoms. The van der Waals surface area contributed by atoms with Crippen LogP contribution < -0.4 is 11.1 Å². The summed E-state index contributed by atoms with van der Waals surface area (Å²) >= 11 is 1.64. The number of carbonyl (C=O) groups excluding carboxylic acids is 1. The zero-order valence-corrected chi connectivity index (χ0v) is 11.0. The highest BCUT2D eigenvalue weighted by Crippen LogP contribution is 2.22. The molecule has 2 rings (SSSR count). The summed E-state index contributed by atoms with van der Waals surface area (Å²) in [5.74, 6) is 0.727. The average molecular weight is 264 g/mol. The summed E-state index contributed by atoms with van der Waals surface area (Å²) in [6.07, 6.45) is 0.844. The van der Waals surface area contributed by atoms with Crippen LogP contribution in [0.4, 0.5) is 0 Å². The predicted octanol–water partition coefficient (Wildman–Crippen LogP) is 2.68. The molecule has 2 aromatic rings. The van der Waals surface area contributed by atoms with Crippen molar-refractivity contribution in [3.63, 3.8) is 0 Å². The summed E-state index contributed by atoms with van der Waals surface area (Å²) in [4.78, 5) is 13.1. The summed E-state index contributed by atoms with van der Waals surface area (Å²) in [7, 11) is 0. The highest BCUT2D eigenvalue weighted by atomic mass is 32.1. The molecule has 1 amide bonds. The van der Waals surface area contributed by atoms with E-state index in [1.165, 1.54) is 0 Å². The van der Waals surface area contributed by atoms with E-state index < -0.39 is 0 Å². The maximum atomic E-state index is 12.0. The van der Waals surface area contributed by atoms with E-state index in [1.807, 2.05) is 24.4 Å². The second-order valence-electron chi connectivity index (χ2n) is 3.92. The molecule has 0 radical (unpaired) electrons. The van der Waals surface area contributed by atoms with Gasteiger partial charge < -0.3 is 15.5 Å². The molecule has 3 N–H and O–H groups in total. The Labute approximate surface area is 110 Å². The summed E-state index contributed by atoms with van der Waals surface area (Å²) in [6.45, 7) is 2.34. The van der Waals surface area contributed by atoms with E-state index >= 15 is 0 Å². The minimum absolute atomic E-state index is 0.0314. The Kier molecular flexibility index (Phi) is 4.17. The van der Waals surface area contributed by atoms with Crippen molar-refractivity contribution in [1.29, 1.82) is 0 Å². The summed E-state index contributed by atoms with van der Waals surface area (Å²) in [6, 6.07) is 7.41. The van der Waals surface area contributed by atoms with Gasteiger partial charge >= 0.3 is 0 Å². The molecule has 0 spiro atoms. The van der Waals surface area contributed by atoms with Gasteiger partial charge in [0.15, 0.2) is 5.76 Å². The highest BCUT2D eigenvalue weighted by Gasteiger charge is 2.17. The van der Waals surface area contributed by atoms with E-state index in [0.29, 0.717) is 18.1 Å². The van der Waals surface area contributed by atoms with Crippen molar-refractivity contribution in [2.75, 3.05) is 0 Å². The molecule has 5 heteroatoms. The minimum Gasteiger partial charge on any atom is -0.455 e. The molecule has 0 fully saturated rings. The SMILES string of the molecule is CCC(NC(=O)c1ccc(CN)o1)c1cccs1. The van der Waals surface area contributed by atoms with Crippen LogP contribution in [-0.4, -0.2) is 5.91 Å². The molecule has 0 aliphatic heterocycles. The molecule has 4 nitrogen and oxygen atoms in total. The van der Waals surface area contributed by atoms with Crippen molar-refractivity contribution >= 4 is 17.2 Å². The van der Waals surface area contributed by atoms with Crippen LogP contribution in [-0.2, 0) is 6.54 Å². The third-order valence-electron chi connectivity index (χ3n) is 2.69. The second kappa shape index (κ2) is 5.84. The predicted molar refractivity (Wildman–Crippen MR) is 71.4 cm³/mol. The number of nitrogens with two attached hydrogens (primary N) is 1. The zero-order chi connectivity index (χ0) is 13.0. The molecule has 0 aromatic carbocycles. The number of hydrogen-bond donors (Lipinski definition) is 2. The Balaban J connectivity index is 2.06. The first-order chi connectivity index (χ1) is 8.74. The molecule has 1 atom stereocenters. The molecule has 0 aliphatic rings. The van der Waals surface area contributed by atoms with E-state index in [0.717, 1.165) is 11.3 Å². The number of rotatable bonds is 5. The van der Waals surface area contributed by atoms with Crippen LogP contribution in [0.15, 0.2) is 34.1 Å². The second-order valence-corrected chi connectivity index (χ2v) is 4.90. The first kappa shape index (κ1) is 12.9. The van der Waals surface area contributed by atoms with E-state index in [1.54, 1.807) is 23.5 Å². The number of carbonyl (C=O) groups is 1. The summed E-state index contributed by atoms with van der Waals surface area (Å²) in [5.41, 5.74) is 5.44. The lowest BCUT2D eigenvalue weighted by molar-refractivity contribution is 0.0906. The van der Waals surface area contributed by atoms with Crippen molar-refractivity contribution in [2.24, 2.45) is 5.73 Å². The number of nitrogens with one attached hydrogen (secondary N) is 1. The summed E-state index contributed by atoms with van der Waals surface area (Å²) in [5, 5.41) is 4.96. The van der Waals surface area contributed by atoms with Gasteiger partial charge in [0, 0.05) is 4.88 Å². The van der Waals surface area contributed by atoms with Crippen molar-refractivity contribution in [3.05, 3.63) is 46.0 Å². The van der Waals surface area contributed by atoms with Gasteiger partial charge in [-0.25, -0.2) is 0 Å². The zero-order valence-electron chi connectivity index (χ0n) is 10.2. The van der Waals surface area contributed by atoms with Crippen LogP contribution >= 0.6 is 11.3 Å². The molecule has 1 unspecified atom stereocenters. The van der Waals surface area contributed by atoms with Crippen molar-refractivity contribution in [3.8, 4) is 0 Å². The largest absolute Gasteiger partial charge is 0.455 e. The summed E-state index contributed by atoms with van der Waals surface area (Å²) < 4.78 is 5.32. The van der Waals surface area contributed by atoms with E-state index in [-0.39, 0.29) is 11.9 Å². The van der Waals surface area contributed by atoms with E-state index in [4.69, 9.17) is 10.2 Å². The molecule has 0 saturated heterocycles. The molecule has 96 valence electrons. The van der Waals surface area contributed by atoms with Gasteiger partial charge in [0.25, 0.3) is 5.91 Å². The van der Waals surface area contributed by atoms with Crippen LogP contribution in [0.3, 0.4) is 0 Å². The average Bonchev–Trinajstić information content (AvgIpc) is 3.05. The van der Waals surface area contributed by atoms with Crippen LogP contribution in [0.5, 0.6) is 0 Å². The maximum absolute atomic E-state index is 12.0. The lowest BCUT2D eigenvalue weighted by atomic mass is 10.2. The Morgan fingerprint density at radius 3 is 2.89 bits per heavy atom. The van der Waals surface area contributed by atoms with Crippen molar-refractivity contribution in [2.45, 2.75) is 25.9 Å². The lowest BCUT2D eigenvalue weighted by Crippen LogP contribution is -2.27. The number of hydrogen-bond acceptors (Lipinski definition) is 4. The van der Waals surface area contributed by atoms with E-state index in [2.05, 4.69) is 5.32 Å². The molecule has 2 heterocycles. The van der Waals surface area contributed by atoms with Crippen LogP contribution in [0, 0.1) is 0 Å². The van der Waals surface area contributed by atoms with E-state index in [9.17, 15) is 4.79 Å². The van der Waals surface area contributed by atoms with Gasteiger partial charge in [-0.1, -0.05) is 13.0 Å². The Morgan fingerprint density at radius 2 is 2.33 bits per heavy atom. The van der Waals surface area contributed by atoms with Crippen LogP contribution in [0.25, 0.3) is 0 Å². The Morgan fingerprint density at radius 1 is 1.50 bits per heavy atom. The standard InChI is InChI=1S/C13H16N2O2S/c1-2-10(12-4-3-7-18-12)15-13(16)11-6-5-9(8-14)17-11/h3-7,10H,2,8,14H2,1H3,(H,15,16). The number of furan rings is 1. The van der Waals surface area contributed by atoms with Gasteiger partial charge in [0.2, 0.25) is 0 Å². The van der Waals surface area contributed by atoms with Crippen molar-refractivity contribution < 1.29 is 9.21 Å². The monoisotopic (exact) mass is 264 g/mol. The molecule has 0 bridgehead atoms. The lowest BCUT2D eigenvalue weighted by Gasteiger charge is -2.14. The van der Waals surface area contributed by atoms with Gasteiger partial charge in [-0.15, -0.1) is 11.3 Å². The quantitative estimate of drug-likeness (QED) is 0.872. The third-order valence-corrected chi connectivity index (χ3v) is 3.67. The van der Waals surface area contributed by atoms with Gasteiger partial charge in [-0.05, 0) is 30.0 Å². The smallest absolute Gasteiger partial charge is 0.287 e. The first-order valence-electron chi connectivity index (χ1n) is 5.87. The third kappa shape index (κ3) is 2.80. The van der Waals surface area contributed by atoms with Crippen molar-refractivity contribution in [1.82, 2.24) is 5.32 Å². The van der Waals surface area contributed by atoms with Gasteiger partial charge in [-0.2, -0.15) is 0 Å². The topological polar surface area (TPSA) is 68.3 Å². The molecular formula is C13H16N2O2S. The molecule has 0 aliphatic carbocycles. The number of thiophene rings is 1. The van der Waals surface area contributed by atoms with Gasteiger partial charge in [0.1, 0.15) is 5.76 Å². The van der Waals surface area contributed by atoms with Gasteiger partial charge in [-0.3, -0.25) is 4.79 Å². The Hall–Kier alpha value is -1.59. The fourth-order valence-electron chi connectivity index (χ4n) is 1.70. The van der Waals surface area contributed by atoms with Gasteiger partial charge in [0.05, 0.1) is 12.6 Å². The fourth-order valence-corrected chi connectivity index (χ4v) is 2.56. The molecule has 2 aromatic heterocycles. The normalized spacial score (nSPS) is 12.3.